The first-order valence-corrected chi connectivity index (χ1v) is 4.92. The lowest BCUT2D eigenvalue weighted by Crippen LogP contribution is -2.09. The van der Waals surface area contributed by atoms with Gasteiger partial charge in [0.05, 0.1) is 19.2 Å². The maximum absolute atomic E-state index is 11.0. The molecule has 0 bridgehead atoms. The number of ether oxygens (including phenoxy) is 1. The van der Waals surface area contributed by atoms with Gasteiger partial charge >= 0.3 is 5.97 Å². The van der Waals surface area contributed by atoms with Crippen molar-refractivity contribution in [2.75, 3.05) is 12.4 Å². The average Bonchev–Trinajstić information content (AvgIpc) is 2.52. The molecule has 0 radical (unpaired) electrons. The molecule has 0 aliphatic rings. The summed E-state index contributed by atoms with van der Waals surface area (Å²) < 4.78 is 4.54. The van der Waals surface area contributed by atoms with E-state index in [9.17, 15) is 9.59 Å². The van der Waals surface area contributed by atoms with Crippen LogP contribution in [0, 0.1) is 0 Å². The Labute approximate surface area is 85.9 Å². The van der Waals surface area contributed by atoms with Gasteiger partial charge in [0, 0.05) is 11.8 Å². The van der Waals surface area contributed by atoms with Crippen molar-refractivity contribution >= 4 is 28.9 Å². The minimum Gasteiger partial charge on any atom is -0.469 e. The van der Waals surface area contributed by atoms with Crippen molar-refractivity contribution in [2.45, 2.75) is 13.3 Å². The van der Waals surface area contributed by atoms with Crippen LogP contribution in [0.4, 0.5) is 5.69 Å². The molecule has 14 heavy (non-hydrogen) atoms. The molecule has 4 nitrogen and oxygen atoms in total. The maximum Gasteiger partial charge on any atom is 0.310 e. The molecule has 76 valence electrons. The molecule has 0 aliphatic carbocycles. The van der Waals surface area contributed by atoms with E-state index in [-0.39, 0.29) is 18.3 Å². The lowest BCUT2D eigenvalue weighted by molar-refractivity contribution is -0.139. The summed E-state index contributed by atoms with van der Waals surface area (Å²) in [5.74, 6) is -0.450. The molecule has 1 rings (SSSR count). The monoisotopic (exact) mass is 213 g/mol. The Morgan fingerprint density at radius 1 is 1.57 bits per heavy atom. The van der Waals surface area contributed by atoms with Crippen LogP contribution < -0.4 is 5.32 Å². The number of hydrogen-bond donors (Lipinski definition) is 1. The van der Waals surface area contributed by atoms with Crippen molar-refractivity contribution in [1.82, 2.24) is 0 Å². The van der Waals surface area contributed by atoms with E-state index < -0.39 is 0 Å². The number of esters is 1. The fourth-order valence-corrected chi connectivity index (χ4v) is 1.80. The topological polar surface area (TPSA) is 55.4 Å². The van der Waals surface area contributed by atoms with Gasteiger partial charge < -0.3 is 10.1 Å². The number of nitrogens with one attached hydrogen (secondary N) is 1. The third-order valence-corrected chi connectivity index (χ3v) is 2.51. The van der Waals surface area contributed by atoms with Crippen LogP contribution in [-0.4, -0.2) is 19.0 Å². The summed E-state index contributed by atoms with van der Waals surface area (Å²) in [5.41, 5.74) is 0.688. The van der Waals surface area contributed by atoms with E-state index in [0.29, 0.717) is 5.69 Å². The van der Waals surface area contributed by atoms with Gasteiger partial charge in [-0.2, -0.15) is 0 Å². The molecule has 0 atom stereocenters. The summed E-state index contributed by atoms with van der Waals surface area (Å²) in [4.78, 5) is 22.6. The number of methoxy groups -OCH3 is 1. The quantitative estimate of drug-likeness (QED) is 0.772. The molecule has 1 N–H and O–H groups in total. The van der Waals surface area contributed by atoms with Gasteiger partial charge in [-0.25, -0.2) is 0 Å². The fourth-order valence-electron chi connectivity index (χ4n) is 0.982. The second-order valence-corrected chi connectivity index (χ2v) is 3.69. The van der Waals surface area contributed by atoms with Crippen LogP contribution in [0.15, 0.2) is 11.4 Å². The second kappa shape index (κ2) is 4.76. The van der Waals surface area contributed by atoms with Crippen molar-refractivity contribution in [3.05, 3.63) is 16.3 Å². The summed E-state index contributed by atoms with van der Waals surface area (Å²) in [6.45, 7) is 1.43. The summed E-state index contributed by atoms with van der Waals surface area (Å²) in [5, 5.41) is 4.47. The van der Waals surface area contributed by atoms with E-state index in [1.54, 1.807) is 6.07 Å². The van der Waals surface area contributed by atoms with Crippen LogP contribution in [0.2, 0.25) is 0 Å². The zero-order chi connectivity index (χ0) is 10.6. The molecule has 1 aromatic heterocycles. The molecular formula is C9H11NO3S. The minimum absolute atomic E-state index is 0.144. The molecule has 0 unspecified atom stereocenters. The Balaban J connectivity index is 2.72. The van der Waals surface area contributed by atoms with Crippen LogP contribution >= 0.6 is 11.3 Å². The Bertz CT molecular complexity index is 346. The average molecular weight is 213 g/mol. The predicted molar refractivity (Wildman–Crippen MR) is 54.3 cm³/mol. The van der Waals surface area contributed by atoms with E-state index in [1.807, 2.05) is 5.38 Å². The van der Waals surface area contributed by atoms with Crippen LogP contribution in [0.1, 0.15) is 11.8 Å². The Morgan fingerprint density at radius 2 is 2.29 bits per heavy atom. The highest BCUT2D eigenvalue weighted by atomic mass is 32.1. The van der Waals surface area contributed by atoms with Gasteiger partial charge in [-0.3, -0.25) is 9.59 Å². The number of carbonyl (C=O) groups is 2. The van der Waals surface area contributed by atoms with Crippen LogP contribution in [0.25, 0.3) is 0 Å². The third kappa shape index (κ3) is 2.85. The van der Waals surface area contributed by atoms with Gasteiger partial charge in [0.2, 0.25) is 5.91 Å². The van der Waals surface area contributed by atoms with Gasteiger partial charge in [0.15, 0.2) is 0 Å². The first kappa shape index (κ1) is 10.7. The predicted octanol–water partition coefficient (Wildman–Crippen LogP) is 1.42. The van der Waals surface area contributed by atoms with Crippen LogP contribution in [-0.2, 0) is 20.7 Å². The number of rotatable bonds is 3. The molecule has 0 spiro atoms. The molecule has 0 aliphatic heterocycles. The van der Waals surface area contributed by atoms with Crippen molar-refractivity contribution in [3.63, 3.8) is 0 Å². The second-order valence-electron chi connectivity index (χ2n) is 2.69. The van der Waals surface area contributed by atoms with E-state index in [1.165, 1.54) is 25.4 Å². The van der Waals surface area contributed by atoms with Gasteiger partial charge in [-0.05, 0) is 11.4 Å². The zero-order valence-corrected chi connectivity index (χ0v) is 8.81. The lowest BCUT2D eigenvalue weighted by Gasteiger charge is -2.02. The van der Waals surface area contributed by atoms with E-state index in [4.69, 9.17) is 0 Å². The summed E-state index contributed by atoms with van der Waals surface area (Å²) in [6, 6.07) is 1.77. The molecule has 0 aromatic carbocycles. The summed E-state index contributed by atoms with van der Waals surface area (Å²) in [7, 11) is 1.34. The minimum atomic E-state index is -0.306. The standard InChI is InChI=1S/C9H11NO3S/c1-6(11)10-7-3-4-14-8(7)5-9(12)13-2/h3-4H,5H2,1-2H3,(H,10,11). The summed E-state index contributed by atoms with van der Waals surface area (Å²) >= 11 is 1.42. The van der Waals surface area contributed by atoms with E-state index in [2.05, 4.69) is 10.1 Å². The molecule has 1 aromatic rings. The molecule has 1 heterocycles. The number of carbonyl (C=O) groups excluding carboxylic acids is 2. The normalized spacial score (nSPS) is 9.57. The molecule has 0 saturated heterocycles. The highest BCUT2D eigenvalue weighted by Gasteiger charge is 2.10. The fraction of sp³-hybridized carbons (Fsp3) is 0.333. The molecule has 5 heteroatoms. The van der Waals surface area contributed by atoms with Crippen molar-refractivity contribution in [2.24, 2.45) is 0 Å². The number of thiophene rings is 1. The van der Waals surface area contributed by atoms with Crippen LogP contribution in [0.5, 0.6) is 0 Å². The lowest BCUT2D eigenvalue weighted by atomic mass is 10.3. The molecule has 0 saturated carbocycles. The van der Waals surface area contributed by atoms with Crippen LogP contribution in [0.3, 0.4) is 0 Å². The highest BCUT2D eigenvalue weighted by molar-refractivity contribution is 7.10. The van der Waals surface area contributed by atoms with Gasteiger partial charge in [-0.1, -0.05) is 0 Å². The van der Waals surface area contributed by atoms with E-state index >= 15 is 0 Å². The molecule has 1 amide bonds. The van der Waals surface area contributed by atoms with Gasteiger partial charge in [0.25, 0.3) is 0 Å². The number of anilines is 1. The summed E-state index contributed by atoms with van der Waals surface area (Å²) in [6.07, 6.45) is 0.198. The number of hydrogen-bond acceptors (Lipinski definition) is 4. The Kier molecular flexibility index (Phi) is 3.64. The zero-order valence-electron chi connectivity index (χ0n) is 7.99. The Morgan fingerprint density at radius 3 is 2.86 bits per heavy atom. The van der Waals surface area contributed by atoms with Crippen molar-refractivity contribution in [3.8, 4) is 0 Å². The van der Waals surface area contributed by atoms with Gasteiger partial charge in [0.1, 0.15) is 0 Å². The SMILES string of the molecule is COC(=O)Cc1sccc1NC(C)=O. The van der Waals surface area contributed by atoms with E-state index in [0.717, 1.165) is 4.88 Å². The van der Waals surface area contributed by atoms with Crippen molar-refractivity contribution < 1.29 is 14.3 Å². The first-order valence-electron chi connectivity index (χ1n) is 4.04. The highest BCUT2D eigenvalue weighted by Crippen LogP contribution is 2.22. The number of amides is 1. The third-order valence-electron chi connectivity index (χ3n) is 1.59. The molecule has 0 fully saturated rings. The maximum atomic E-state index is 11.0. The first-order chi connectivity index (χ1) is 6.63. The molecular weight excluding hydrogens is 202 g/mol. The van der Waals surface area contributed by atoms with Crippen molar-refractivity contribution in [1.29, 1.82) is 0 Å². The Hall–Kier alpha value is -1.36. The largest absolute Gasteiger partial charge is 0.469 e. The van der Waals surface area contributed by atoms with Gasteiger partial charge in [-0.15, -0.1) is 11.3 Å². The smallest absolute Gasteiger partial charge is 0.310 e.